The molecule has 0 amide bonds. The molecule has 0 aromatic carbocycles. The van der Waals surface area contributed by atoms with E-state index in [-0.39, 0.29) is 10.8 Å². The average molecular weight is 493 g/mol. The molecule has 4 aromatic heterocycles. The van der Waals surface area contributed by atoms with Gasteiger partial charge in [0.05, 0.1) is 46.3 Å². The molecule has 0 unspecified atom stereocenters. The Labute approximate surface area is 218 Å². The molecule has 0 bridgehead atoms. The molecule has 8 nitrogen and oxygen atoms in total. The molecule has 0 aliphatic carbocycles. The predicted molar refractivity (Wildman–Crippen MR) is 142 cm³/mol. The molecule has 4 aromatic rings. The zero-order valence-corrected chi connectivity index (χ0v) is 22.7. The van der Waals surface area contributed by atoms with Gasteiger partial charge in [0, 0.05) is 16.2 Å². The van der Waals surface area contributed by atoms with E-state index in [0.29, 0.717) is 22.8 Å². The smallest absolute Gasteiger partial charge is 0.153 e. The Morgan fingerprint density at radius 2 is 1.00 bits per heavy atom. The van der Waals surface area contributed by atoms with Gasteiger partial charge in [0.1, 0.15) is 12.1 Å². The van der Waals surface area contributed by atoms with E-state index in [1.165, 1.54) is 0 Å². The van der Waals surface area contributed by atoms with Crippen LogP contribution in [0.4, 0.5) is 0 Å². The molecule has 0 saturated heterocycles. The Balaban J connectivity index is 1.74. The van der Waals surface area contributed by atoms with Crippen LogP contribution in [0.5, 0.6) is 0 Å². The molecule has 0 radical (unpaired) electrons. The van der Waals surface area contributed by atoms with Crippen LogP contribution in [0.3, 0.4) is 0 Å². The van der Waals surface area contributed by atoms with Crippen molar-refractivity contribution in [2.75, 3.05) is 0 Å². The Morgan fingerprint density at radius 3 is 1.30 bits per heavy atom. The predicted octanol–water partition coefficient (Wildman–Crippen LogP) is 5.51. The number of pyridine rings is 2. The lowest BCUT2D eigenvalue weighted by molar-refractivity contribution is 0.554. The van der Waals surface area contributed by atoms with Gasteiger partial charge in [0.2, 0.25) is 0 Å². The summed E-state index contributed by atoms with van der Waals surface area (Å²) in [4.78, 5) is 9.83. The van der Waals surface area contributed by atoms with Gasteiger partial charge < -0.3 is 0 Å². The van der Waals surface area contributed by atoms with Crippen molar-refractivity contribution < 1.29 is 0 Å². The highest BCUT2D eigenvalue weighted by atomic mass is 15.3. The molecular formula is C29H32N8. The Kier molecular flexibility index (Phi) is 6.25. The van der Waals surface area contributed by atoms with Crippen LogP contribution >= 0.6 is 0 Å². The number of nitriles is 2. The molecule has 0 aliphatic heterocycles. The first-order chi connectivity index (χ1) is 17.3. The lowest BCUT2D eigenvalue weighted by atomic mass is 9.84. The summed E-state index contributed by atoms with van der Waals surface area (Å²) in [5, 5.41) is 28.6. The number of aromatic nitrogens is 6. The van der Waals surface area contributed by atoms with E-state index in [4.69, 9.17) is 9.97 Å². The van der Waals surface area contributed by atoms with Crippen molar-refractivity contribution in [3.05, 3.63) is 82.7 Å². The summed E-state index contributed by atoms with van der Waals surface area (Å²) < 4.78 is 3.34. The lowest BCUT2D eigenvalue weighted by Crippen LogP contribution is -2.23. The van der Waals surface area contributed by atoms with E-state index in [0.717, 1.165) is 22.8 Å². The van der Waals surface area contributed by atoms with Crippen LogP contribution in [0.1, 0.15) is 89.3 Å². The number of rotatable bonds is 4. The monoisotopic (exact) mass is 492 g/mol. The van der Waals surface area contributed by atoms with Gasteiger partial charge in [-0.1, -0.05) is 53.7 Å². The SMILES string of the molecule is CC(C)(C)c1nn(-c2cccc(C(C)(C)c3cccc(-n4cc(C#N)c(C(C)(C)C)n4)n3)n2)cc1C#N. The summed E-state index contributed by atoms with van der Waals surface area (Å²) in [6.45, 7) is 16.4. The van der Waals surface area contributed by atoms with E-state index < -0.39 is 5.41 Å². The van der Waals surface area contributed by atoms with Crippen molar-refractivity contribution in [1.29, 1.82) is 10.5 Å². The summed E-state index contributed by atoms with van der Waals surface area (Å²) in [6.07, 6.45) is 3.46. The molecule has 0 spiro atoms. The van der Waals surface area contributed by atoms with Crippen LogP contribution in [-0.2, 0) is 16.2 Å². The summed E-state index contributed by atoms with van der Waals surface area (Å²) in [5.74, 6) is 1.27. The fourth-order valence-corrected chi connectivity index (χ4v) is 4.18. The van der Waals surface area contributed by atoms with Crippen LogP contribution in [0.2, 0.25) is 0 Å². The zero-order valence-electron chi connectivity index (χ0n) is 22.7. The lowest BCUT2D eigenvalue weighted by Gasteiger charge is -2.24. The molecule has 4 heterocycles. The number of hydrogen-bond acceptors (Lipinski definition) is 6. The van der Waals surface area contributed by atoms with Gasteiger partial charge in [0.25, 0.3) is 0 Å². The van der Waals surface area contributed by atoms with Gasteiger partial charge in [-0.3, -0.25) is 0 Å². The van der Waals surface area contributed by atoms with Crippen molar-refractivity contribution in [3.63, 3.8) is 0 Å². The van der Waals surface area contributed by atoms with Crippen LogP contribution in [-0.4, -0.2) is 29.5 Å². The minimum Gasteiger partial charge on any atom is -0.233 e. The highest BCUT2D eigenvalue weighted by Gasteiger charge is 2.29. The fraction of sp³-hybridized carbons (Fsp3) is 0.379. The third-order valence-electron chi connectivity index (χ3n) is 6.31. The molecule has 0 aliphatic rings. The van der Waals surface area contributed by atoms with Crippen molar-refractivity contribution >= 4 is 0 Å². The first-order valence-corrected chi connectivity index (χ1v) is 12.2. The van der Waals surface area contributed by atoms with Gasteiger partial charge in [-0.25, -0.2) is 19.3 Å². The van der Waals surface area contributed by atoms with E-state index in [9.17, 15) is 10.5 Å². The van der Waals surface area contributed by atoms with Gasteiger partial charge >= 0.3 is 0 Å². The maximum Gasteiger partial charge on any atom is 0.153 e. The summed E-state index contributed by atoms with van der Waals surface area (Å²) in [7, 11) is 0. The quantitative estimate of drug-likeness (QED) is 0.371. The zero-order chi connectivity index (χ0) is 27.2. The highest BCUT2D eigenvalue weighted by Crippen LogP contribution is 2.31. The topological polar surface area (TPSA) is 109 Å². The molecule has 0 N–H and O–H groups in total. The van der Waals surface area contributed by atoms with Crippen LogP contribution in [0.15, 0.2) is 48.8 Å². The van der Waals surface area contributed by atoms with Crippen LogP contribution in [0, 0.1) is 22.7 Å². The van der Waals surface area contributed by atoms with Crippen LogP contribution < -0.4 is 0 Å². The largest absolute Gasteiger partial charge is 0.233 e. The molecule has 37 heavy (non-hydrogen) atoms. The summed E-state index contributed by atoms with van der Waals surface area (Å²) >= 11 is 0. The van der Waals surface area contributed by atoms with Crippen molar-refractivity contribution in [1.82, 2.24) is 29.5 Å². The minimum atomic E-state index is -0.540. The van der Waals surface area contributed by atoms with Crippen LogP contribution in [0.25, 0.3) is 11.6 Å². The van der Waals surface area contributed by atoms with Gasteiger partial charge in [-0.05, 0) is 38.1 Å². The second-order valence-electron chi connectivity index (χ2n) is 11.8. The molecule has 188 valence electrons. The summed E-state index contributed by atoms with van der Waals surface area (Å²) in [5.41, 5.74) is 3.12. The normalized spacial score (nSPS) is 12.3. The maximum absolute atomic E-state index is 9.62. The van der Waals surface area contributed by atoms with Gasteiger partial charge in [-0.2, -0.15) is 20.7 Å². The van der Waals surface area contributed by atoms with Gasteiger partial charge in [-0.15, -0.1) is 0 Å². The van der Waals surface area contributed by atoms with E-state index >= 15 is 0 Å². The maximum atomic E-state index is 9.62. The number of nitrogens with zero attached hydrogens (tertiary/aromatic N) is 8. The second-order valence-corrected chi connectivity index (χ2v) is 11.8. The van der Waals surface area contributed by atoms with Crippen molar-refractivity contribution in [2.24, 2.45) is 0 Å². The van der Waals surface area contributed by atoms with Crippen molar-refractivity contribution in [2.45, 2.75) is 71.6 Å². The molecule has 0 atom stereocenters. The van der Waals surface area contributed by atoms with Crippen molar-refractivity contribution in [3.8, 4) is 23.8 Å². The fourth-order valence-electron chi connectivity index (χ4n) is 4.18. The Hall–Kier alpha value is -4.30. The molecule has 0 saturated carbocycles. The first kappa shape index (κ1) is 25.8. The molecule has 8 heteroatoms. The standard InChI is InChI=1S/C29H32N8/c1-27(2,3)25-19(15-30)17-36(34-25)23-13-9-11-21(32-23)29(7,8)22-12-10-14-24(33-22)37-18-20(16-31)26(35-37)28(4,5)6/h9-14,17-18H,1-8H3. The second kappa shape index (κ2) is 8.97. The highest BCUT2D eigenvalue weighted by molar-refractivity contribution is 5.41. The molecular weight excluding hydrogens is 460 g/mol. The average Bonchev–Trinajstić information content (AvgIpc) is 3.49. The first-order valence-electron chi connectivity index (χ1n) is 12.2. The van der Waals surface area contributed by atoms with E-state index in [2.05, 4.69) is 36.2 Å². The minimum absolute atomic E-state index is 0.262. The molecule has 4 rings (SSSR count). The third kappa shape index (κ3) is 4.88. The summed E-state index contributed by atoms with van der Waals surface area (Å²) in [6, 6.07) is 16.1. The third-order valence-corrected chi connectivity index (χ3v) is 6.31. The Bertz CT molecular complexity index is 1430. The number of hydrogen-bond donors (Lipinski definition) is 0. The molecule has 0 fully saturated rings. The Morgan fingerprint density at radius 1 is 0.622 bits per heavy atom. The van der Waals surface area contributed by atoms with E-state index in [1.54, 1.807) is 21.8 Å². The van der Waals surface area contributed by atoms with Gasteiger partial charge in [0.15, 0.2) is 11.6 Å². The van der Waals surface area contributed by atoms with E-state index in [1.807, 2.05) is 77.9 Å².